The lowest BCUT2D eigenvalue weighted by molar-refractivity contribution is 0.102. The molecule has 0 bridgehead atoms. The standard InChI is InChI=1S/C13H12ClN3O2/c1-7-2-3-9(5-11(7)18)17-13(19)10-4-8(15)6-16-12(10)14/h2-6,18H,15H2,1H3,(H,17,19). The van der Waals surface area contributed by atoms with Crippen molar-refractivity contribution >= 4 is 28.9 Å². The summed E-state index contributed by atoms with van der Waals surface area (Å²) in [7, 11) is 0. The van der Waals surface area contributed by atoms with E-state index in [-0.39, 0.29) is 16.5 Å². The lowest BCUT2D eigenvalue weighted by Gasteiger charge is -2.08. The van der Waals surface area contributed by atoms with E-state index >= 15 is 0 Å². The van der Waals surface area contributed by atoms with Gasteiger partial charge in [-0.15, -0.1) is 0 Å². The number of amides is 1. The van der Waals surface area contributed by atoms with E-state index in [2.05, 4.69) is 10.3 Å². The average Bonchev–Trinajstić information content (AvgIpc) is 2.36. The molecule has 0 radical (unpaired) electrons. The molecule has 5 nitrogen and oxygen atoms in total. The third-order valence-corrected chi connectivity index (χ3v) is 2.87. The van der Waals surface area contributed by atoms with Crippen LogP contribution in [0.3, 0.4) is 0 Å². The molecule has 0 aliphatic carbocycles. The van der Waals surface area contributed by atoms with Crippen LogP contribution in [-0.2, 0) is 0 Å². The quantitative estimate of drug-likeness (QED) is 0.736. The summed E-state index contributed by atoms with van der Waals surface area (Å²) in [6.45, 7) is 1.76. The molecule has 98 valence electrons. The SMILES string of the molecule is Cc1ccc(NC(=O)c2cc(N)cnc2Cl)cc1O. The lowest BCUT2D eigenvalue weighted by Crippen LogP contribution is -2.13. The van der Waals surface area contributed by atoms with Crippen LogP contribution in [0.2, 0.25) is 5.15 Å². The number of anilines is 2. The number of nitrogens with one attached hydrogen (secondary N) is 1. The zero-order valence-electron chi connectivity index (χ0n) is 10.1. The summed E-state index contributed by atoms with van der Waals surface area (Å²) in [5, 5.41) is 12.3. The number of carbonyl (C=O) groups excluding carboxylic acids is 1. The van der Waals surface area contributed by atoms with Gasteiger partial charge in [-0.25, -0.2) is 4.98 Å². The van der Waals surface area contributed by atoms with E-state index in [1.165, 1.54) is 18.3 Å². The molecule has 19 heavy (non-hydrogen) atoms. The smallest absolute Gasteiger partial charge is 0.258 e. The largest absolute Gasteiger partial charge is 0.508 e. The molecule has 1 heterocycles. The number of phenolic OH excluding ortho intramolecular Hbond substituents is 1. The second kappa shape index (κ2) is 5.16. The third-order valence-electron chi connectivity index (χ3n) is 2.57. The molecule has 0 unspecified atom stereocenters. The van der Waals surface area contributed by atoms with Gasteiger partial charge in [-0.2, -0.15) is 0 Å². The van der Waals surface area contributed by atoms with Crippen molar-refractivity contribution < 1.29 is 9.90 Å². The highest BCUT2D eigenvalue weighted by Gasteiger charge is 2.12. The Labute approximate surface area is 115 Å². The van der Waals surface area contributed by atoms with Gasteiger partial charge >= 0.3 is 0 Å². The van der Waals surface area contributed by atoms with Crippen molar-refractivity contribution in [3.8, 4) is 5.75 Å². The number of nitrogen functional groups attached to an aromatic ring is 1. The number of hydrogen-bond acceptors (Lipinski definition) is 4. The van der Waals surface area contributed by atoms with Gasteiger partial charge < -0.3 is 16.2 Å². The molecule has 1 amide bonds. The molecule has 0 fully saturated rings. The van der Waals surface area contributed by atoms with Crippen molar-refractivity contribution in [2.24, 2.45) is 0 Å². The molecule has 0 aliphatic rings. The van der Waals surface area contributed by atoms with Crippen LogP contribution in [0.1, 0.15) is 15.9 Å². The Balaban J connectivity index is 2.25. The Kier molecular flexibility index (Phi) is 3.57. The molecule has 0 saturated carbocycles. The second-order valence-electron chi connectivity index (χ2n) is 4.06. The maximum atomic E-state index is 12.0. The molecular formula is C13H12ClN3O2. The van der Waals surface area contributed by atoms with Crippen molar-refractivity contribution in [1.29, 1.82) is 0 Å². The molecule has 0 atom stereocenters. The Morgan fingerprint density at radius 1 is 1.42 bits per heavy atom. The van der Waals surface area contributed by atoms with Gasteiger partial charge in [-0.1, -0.05) is 17.7 Å². The number of nitrogens with two attached hydrogens (primary N) is 1. The predicted octanol–water partition coefficient (Wildman–Crippen LogP) is 2.58. The number of aromatic nitrogens is 1. The minimum absolute atomic E-state index is 0.0723. The summed E-state index contributed by atoms with van der Waals surface area (Å²) in [5.41, 5.74) is 7.28. The normalized spacial score (nSPS) is 10.2. The van der Waals surface area contributed by atoms with Crippen molar-refractivity contribution in [2.75, 3.05) is 11.1 Å². The molecule has 0 spiro atoms. The number of halogens is 1. The Morgan fingerprint density at radius 2 is 2.16 bits per heavy atom. The number of pyridine rings is 1. The van der Waals surface area contributed by atoms with Crippen LogP contribution < -0.4 is 11.1 Å². The van der Waals surface area contributed by atoms with E-state index in [9.17, 15) is 9.90 Å². The number of aryl methyl sites for hydroxylation is 1. The number of nitrogens with zero attached hydrogens (tertiary/aromatic N) is 1. The van der Waals surface area contributed by atoms with Crippen LogP contribution in [0.4, 0.5) is 11.4 Å². The number of benzene rings is 1. The summed E-state index contributed by atoms with van der Waals surface area (Å²) in [6, 6.07) is 6.28. The molecule has 0 aliphatic heterocycles. The lowest BCUT2D eigenvalue weighted by atomic mass is 10.2. The van der Waals surface area contributed by atoms with E-state index in [4.69, 9.17) is 17.3 Å². The predicted molar refractivity (Wildman–Crippen MR) is 74.5 cm³/mol. The van der Waals surface area contributed by atoms with Gasteiger partial charge in [-0.3, -0.25) is 4.79 Å². The van der Waals surface area contributed by atoms with Crippen LogP contribution in [-0.4, -0.2) is 16.0 Å². The maximum Gasteiger partial charge on any atom is 0.258 e. The highest BCUT2D eigenvalue weighted by molar-refractivity contribution is 6.33. The van der Waals surface area contributed by atoms with Gasteiger partial charge in [0.15, 0.2) is 0 Å². The average molecular weight is 278 g/mol. The van der Waals surface area contributed by atoms with E-state index < -0.39 is 5.91 Å². The van der Waals surface area contributed by atoms with Crippen LogP contribution >= 0.6 is 11.6 Å². The van der Waals surface area contributed by atoms with Crippen LogP contribution in [0.25, 0.3) is 0 Å². The van der Waals surface area contributed by atoms with E-state index in [1.807, 2.05) is 0 Å². The van der Waals surface area contributed by atoms with Crippen LogP contribution in [0.5, 0.6) is 5.75 Å². The van der Waals surface area contributed by atoms with E-state index in [1.54, 1.807) is 19.1 Å². The summed E-state index contributed by atoms with van der Waals surface area (Å²) < 4.78 is 0. The molecule has 4 N–H and O–H groups in total. The molecule has 1 aromatic carbocycles. The second-order valence-corrected chi connectivity index (χ2v) is 4.42. The van der Waals surface area contributed by atoms with Crippen molar-refractivity contribution in [2.45, 2.75) is 6.92 Å². The summed E-state index contributed by atoms with van der Waals surface area (Å²) >= 11 is 5.84. The first kappa shape index (κ1) is 13.2. The van der Waals surface area contributed by atoms with Crippen LogP contribution in [0.15, 0.2) is 30.5 Å². The fourth-order valence-electron chi connectivity index (χ4n) is 1.51. The Bertz CT molecular complexity index is 644. The Hall–Kier alpha value is -2.27. The first-order valence-corrected chi connectivity index (χ1v) is 5.87. The minimum atomic E-state index is -0.437. The minimum Gasteiger partial charge on any atom is -0.508 e. The molecule has 1 aromatic heterocycles. The summed E-state index contributed by atoms with van der Waals surface area (Å²) in [5.74, 6) is -0.331. The first-order valence-electron chi connectivity index (χ1n) is 5.49. The zero-order chi connectivity index (χ0) is 14.0. The van der Waals surface area contributed by atoms with Gasteiger partial charge in [0, 0.05) is 11.8 Å². The molecule has 2 rings (SSSR count). The molecule has 6 heteroatoms. The summed E-state index contributed by atoms with van der Waals surface area (Å²) in [6.07, 6.45) is 1.37. The van der Waals surface area contributed by atoms with Crippen molar-refractivity contribution in [3.05, 3.63) is 46.7 Å². The number of carbonyl (C=O) groups is 1. The molecule has 2 aromatic rings. The highest BCUT2D eigenvalue weighted by Crippen LogP contribution is 2.22. The summed E-state index contributed by atoms with van der Waals surface area (Å²) in [4.78, 5) is 15.8. The van der Waals surface area contributed by atoms with Crippen molar-refractivity contribution in [1.82, 2.24) is 4.98 Å². The van der Waals surface area contributed by atoms with E-state index in [0.717, 1.165) is 5.56 Å². The fraction of sp³-hybridized carbons (Fsp3) is 0.0769. The van der Waals surface area contributed by atoms with Gasteiger partial charge in [0.05, 0.1) is 17.4 Å². The van der Waals surface area contributed by atoms with Gasteiger partial charge in [-0.05, 0) is 24.6 Å². The third kappa shape index (κ3) is 2.95. The number of rotatable bonds is 2. The molecule has 0 saturated heterocycles. The Morgan fingerprint density at radius 3 is 2.84 bits per heavy atom. The van der Waals surface area contributed by atoms with Gasteiger partial charge in [0.2, 0.25) is 0 Å². The highest BCUT2D eigenvalue weighted by atomic mass is 35.5. The molecular weight excluding hydrogens is 266 g/mol. The van der Waals surface area contributed by atoms with Crippen molar-refractivity contribution in [3.63, 3.8) is 0 Å². The van der Waals surface area contributed by atoms with Gasteiger partial charge in [0.1, 0.15) is 10.9 Å². The van der Waals surface area contributed by atoms with Gasteiger partial charge in [0.25, 0.3) is 5.91 Å². The van der Waals surface area contributed by atoms with Crippen LogP contribution in [0, 0.1) is 6.92 Å². The van der Waals surface area contributed by atoms with E-state index in [0.29, 0.717) is 11.4 Å². The maximum absolute atomic E-state index is 12.0. The first-order chi connectivity index (χ1) is 8.97. The number of phenols is 1. The monoisotopic (exact) mass is 277 g/mol. The fourth-order valence-corrected chi connectivity index (χ4v) is 1.70. The zero-order valence-corrected chi connectivity index (χ0v) is 10.9. The number of hydrogen-bond donors (Lipinski definition) is 3. The number of aromatic hydroxyl groups is 1. The topological polar surface area (TPSA) is 88.2 Å².